The lowest BCUT2D eigenvalue weighted by Crippen LogP contribution is -2.44. The number of rotatable bonds is 7. The molecule has 33 heavy (non-hydrogen) atoms. The Morgan fingerprint density at radius 3 is 2.58 bits per heavy atom. The highest BCUT2D eigenvalue weighted by atomic mass is 32.2. The molecule has 1 N–H and O–H groups in total. The number of nitrogens with zero attached hydrogens (tertiary/aromatic N) is 2. The van der Waals surface area contributed by atoms with Crippen LogP contribution in [0.4, 0.5) is 8.78 Å². The van der Waals surface area contributed by atoms with E-state index in [0.717, 1.165) is 12.1 Å². The van der Waals surface area contributed by atoms with Gasteiger partial charge in [-0.25, -0.2) is 17.2 Å². The highest BCUT2D eigenvalue weighted by molar-refractivity contribution is 7.89. The largest absolute Gasteiger partial charge is 0.381 e. The van der Waals surface area contributed by atoms with Crippen LogP contribution in [0.15, 0.2) is 54.2 Å². The Balaban J connectivity index is 1.87. The molecule has 1 heterocycles. The third-order valence-corrected chi connectivity index (χ3v) is 8.55. The van der Waals surface area contributed by atoms with Gasteiger partial charge in [0.2, 0.25) is 10.0 Å². The predicted molar refractivity (Wildman–Crippen MR) is 124 cm³/mol. The van der Waals surface area contributed by atoms with Crippen LogP contribution in [0.2, 0.25) is 0 Å². The molecular weight excluding hydrogens is 444 g/mol. The number of sulfonamides is 1. The highest BCUT2D eigenvalue weighted by Crippen LogP contribution is 2.38. The summed E-state index contributed by atoms with van der Waals surface area (Å²) in [7, 11) is -3.75. The number of nitriles is 1. The molecule has 1 unspecified atom stereocenters. The van der Waals surface area contributed by atoms with Gasteiger partial charge < -0.3 is 5.32 Å². The fourth-order valence-electron chi connectivity index (χ4n) is 4.26. The SMILES string of the molecule is CC/C(=C\C#N)NC(C)c1cc(F)c(CN2[C@@H](C)CC[C@H](c3ccccc3)S2(=O)=O)cc1F. The lowest BCUT2D eigenvalue weighted by Gasteiger charge is -2.37. The van der Waals surface area contributed by atoms with Crippen LogP contribution < -0.4 is 5.32 Å². The molecule has 1 aliphatic heterocycles. The highest BCUT2D eigenvalue weighted by Gasteiger charge is 2.40. The lowest BCUT2D eigenvalue weighted by molar-refractivity contribution is 0.278. The van der Waals surface area contributed by atoms with Crippen LogP contribution in [0.3, 0.4) is 0 Å². The molecule has 3 atom stereocenters. The fourth-order valence-corrected chi connectivity index (χ4v) is 6.44. The zero-order chi connectivity index (χ0) is 24.2. The molecular formula is C25H29F2N3O2S. The summed E-state index contributed by atoms with van der Waals surface area (Å²) in [6.07, 6.45) is 3.00. The molecule has 176 valence electrons. The van der Waals surface area contributed by atoms with E-state index < -0.39 is 32.9 Å². The summed E-state index contributed by atoms with van der Waals surface area (Å²) in [4.78, 5) is 0. The number of hydrogen-bond donors (Lipinski definition) is 1. The number of hydrogen-bond acceptors (Lipinski definition) is 4. The Morgan fingerprint density at radius 1 is 1.24 bits per heavy atom. The second-order valence-electron chi connectivity index (χ2n) is 8.40. The summed E-state index contributed by atoms with van der Waals surface area (Å²) in [5, 5.41) is 11.2. The second kappa shape index (κ2) is 10.4. The van der Waals surface area contributed by atoms with E-state index in [1.807, 2.05) is 19.1 Å². The maximum Gasteiger partial charge on any atom is 0.221 e. The lowest BCUT2D eigenvalue weighted by atomic mass is 10.0. The number of halogens is 2. The smallest absolute Gasteiger partial charge is 0.221 e. The molecule has 0 aliphatic carbocycles. The van der Waals surface area contributed by atoms with Crippen LogP contribution in [0.25, 0.3) is 0 Å². The van der Waals surface area contributed by atoms with Crippen LogP contribution >= 0.6 is 0 Å². The molecule has 5 nitrogen and oxygen atoms in total. The van der Waals surface area contributed by atoms with Crippen molar-refractivity contribution in [1.82, 2.24) is 9.62 Å². The van der Waals surface area contributed by atoms with Crippen molar-refractivity contribution in [2.75, 3.05) is 0 Å². The van der Waals surface area contributed by atoms with Gasteiger partial charge in [0.05, 0.1) is 12.1 Å². The zero-order valence-corrected chi connectivity index (χ0v) is 19.9. The van der Waals surface area contributed by atoms with Crippen molar-refractivity contribution in [2.24, 2.45) is 0 Å². The standard InChI is InChI=1S/C25H29F2N3O2S/c1-4-21(12-13-28)29-18(3)22-15-23(26)20(14-24(22)27)16-30-17(2)10-11-25(33(30,31)32)19-8-6-5-7-9-19/h5-9,12,14-15,17-18,25,29H,4,10-11,16H2,1-3H3/b21-12+/t17-,18?,25+/m0/s1. The molecule has 0 amide bonds. The summed E-state index contributed by atoms with van der Waals surface area (Å²) in [6, 6.07) is 12.2. The van der Waals surface area contributed by atoms with Gasteiger partial charge in [-0.2, -0.15) is 9.57 Å². The summed E-state index contributed by atoms with van der Waals surface area (Å²) in [6.45, 7) is 5.10. The van der Waals surface area contributed by atoms with Crippen LogP contribution in [0.1, 0.15) is 68.0 Å². The van der Waals surface area contributed by atoms with E-state index in [1.54, 1.807) is 38.1 Å². The predicted octanol–water partition coefficient (Wildman–Crippen LogP) is 5.49. The molecule has 0 saturated carbocycles. The summed E-state index contributed by atoms with van der Waals surface area (Å²) >= 11 is 0. The van der Waals surface area contributed by atoms with E-state index in [1.165, 1.54) is 10.4 Å². The first kappa shape index (κ1) is 24.9. The van der Waals surface area contributed by atoms with Crippen molar-refractivity contribution < 1.29 is 17.2 Å². The summed E-state index contributed by atoms with van der Waals surface area (Å²) in [5.74, 6) is -1.29. The van der Waals surface area contributed by atoms with Crippen LogP contribution in [-0.2, 0) is 16.6 Å². The first-order valence-electron chi connectivity index (χ1n) is 11.1. The van der Waals surface area contributed by atoms with E-state index in [-0.39, 0.29) is 23.7 Å². The molecule has 0 bridgehead atoms. The van der Waals surface area contributed by atoms with E-state index in [4.69, 9.17) is 5.26 Å². The van der Waals surface area contributed by atoms with Gasteiger partial charge in [-0.1, -0.05) is 37.3 Å². The van der Waals surface area contributed by atoms with Gasteiger partial charge in [0.15, 0.2) is 0 Å². The summed E-state index contributed by atoms with van der Waals surface area (Å²) < 4.78 is 58.0. The van der Waals surface area contributed by atoms with Crippen molar-refractivity contribution >= 4 is 10.0 Å². The van der Waals surface area contributed by atoms with Crippen LogP contribution in [0.5, 0.6) is 0 Å². The fraction of sp³-hybridized carbons (Fsp3) is 0.400. The van der Waals surface area contributed by atoms with Gasteiger partial charge in [-0.15, -0.1) is 0 Å². The van der Waals surface area contributed by atoms with E-state index >= 15 is 4.39 Å². The van der Waals surface area contributed by atoms with Gasteiger partial charge in [0, 0.05) is 35.5 Å². The normalized spacial score (nSPS) is 21.9. The van der Waals surface area contributed by atoms with E-state index in [2.05, 4.69) is 5.32 Å². The van der Waals surface area contributed by atoms with E-state index in [9.17, 15) is 12.8 Å². The molecule has 1 aliphatic rings. The van der Waals surface area contributed by atoms with Crippen molar-refractivity contribution in [3.63, 3.8) is 0 Å². The third-order valence-electron chi connectivity index (χ3n) is 6.18. The van der Waals surface area contributed by atoms with Gasteiger partial charge in [-0.05, 0) is 50.8 Å². The first-order valence-corrected chi connectivity index (χ1v) is 12.6. The molecule has 2 aromatic rings. The average Bonchev–Trinajstić information content (AvgIpc) is 2.78. The Labute approximate surface area is 194 Å². The molecule has 1 saturated heterocycles. The van der Waals surface area contributed by atoms with Gasteiger partial charge >= 0.3 is 0 Å². The minimum Gasteiger partial charge on any atom is -0.381 e. The molecule has 8 heteroatoms. The number of benzene rings is 2. The van der Waals surface area contributed by atoms with Gasteiger partial charge in [0.25, 0.3) is 0 Å². The Morgan fingerprint density at radius 2 is 1.94 bits per heavy atom. The monoisotopic (exact) mass is 473 g/mol. The first-order chi connectivity index (χ1) is 15.7. The molecule has 3 rings (SSSR count). The van der Waals surface area contributed by atoms with Crippen LogP contribution in [0, 0.1) is 23.0 Å². The Kier molecular flexibility index (Phi) is 7.88. The Hall–Kier alpha value is -2.76. The topological polar surface area (TPSA) is 73.2 Å². The molecule has 0 radical (unpaired) electrons. The summed E-state index contributed by atoms with van der Waals surface area (Å²) in [5.41, 5.74) is 1.43. The quantitative estimate of drug-likeness (QED) is 0.540. The van der Waals surface area contributed by atoms with Gasteiger partial charge in [-0.3, -0.25) is 0 Å². The van der Waals surface area contributed by atoms with Crippen molar-refractivity contribution in [1.29, 1.82) is 5.26 Å². The molecule has 0 aromatic heterocycles. The van der Waals surface area contributed by atoms with Crippen molar-refractivity contribution in [2.45, 2.75) is 63.9 Å². The molecule has 2 aromatic carbocycles. The molecule has 0 spiro atoms. The third kappa shape index (κ3) is 5.43. The second-order valence-corrected chi connectivity index (χ2v) is 10.5. The minimum atomic E-state index is -3.75. The van der Waals surface area contributed by atoms with Crippen LogP contribution in [-0.4, -0.2) is 18.8 Å². The minimum absolute atomic E-state index is 0.00383. The number of allylic oxidation sites excluding steroid dienone is 2. The number of nitrogens with one attached hydrogen (secondary N) is 1. The van der Waals surface area contributed by atoms with Crippen molar-refractivity contribution in [3.05, 3.63) is 82.6 Å². The average molecular weight is 474 g/mol. The van der Waals surface area contributed by atoms with E-state index in [0.29, 0.717) is 30.5 Å². The maximum atomic E-state index is 15.0. The zero-order valence-electron chi connectivity index (χ0n) is 19.1. The molecule has 1 fully saturated rings. The Bertz CT molecular complexity index is 1160. The van der Waals surface area contributed by atoms with Gasteiger partial charge in [0.1, 0.15) is 16.9 Å². The maximum absolute atomic E-state index is 15.0. The van der Waals surface area contributed by atoms with Crippen molar-refractivity contribution in [3.8, 4) is 6.07 Å².